The van der Waals surface area contributed by atoms with Gasteiger partial charge in [-0.1, -0.05) is 0 Å². The van der Waals surface area contributed by atoms with Crippen LogP contribution in [-0.2, 0) is 6.54 Å². The number of aryl methyl sites for hydroxylation is 3. The Morgan fingerprint density at radius 3 is 2.73 bits per heavy atom. The summed E-state index contributed by atoms with van der Waals surface area (Å²) < 4.78 is 1.83. The summed E-state index contributed by atoms with van der Waals surface area (Å²) in [6, 6.07) is 3.90. The van der Waals surface area contributed by atoms with Gasteiger partial charge in [-0.2, -0.15) is 10.1 Å². The molecule has 10 heteroatoms. The third-order valence-corrected chi connectivity index (χ3v) is 4.24. The number of aromatic nitrogens is 4. The number of H-pyrrole nitrogens is 1. The minimum Gasteiger partial charge on any atom is -0.322 e. The lowest BCUT2D eigenvalue weighted by atomic mass is 10.1. The predicted molar refractivity (Wildman–Crippen MR) is 98.7 cm³/mol. The zero-order chi connectivity index (χ0) is 18.8. The smallest absolute Gasteiger partial charge is 0.322 e. The molecule has 1 aromatic rings. The van der Waals surface area contributed by atoms with Crippen LogP contribution in [0.15, 0.2) is 26.8 Å². The molecule has 0 bridgehead atoms. The molecule has 0 aromatic heterocycles. The van der Waals surface area contributed by atoms with Gasteiger partial charge in [-0.15, -0.1) is 0 Å². The Hall–Kier alpha value is -3.27. The second kappa shape index (κ2) is 6.92. The molecule has 0 aliphatic carbocycles. The van der Waals surface area contributed by atoms with Crippen molar-refractivity contribution < 1.29 is 0 Å². The molecule has 2 aliphatic rings. The van der Waals surface area contributed by atoms with Gasteiger partial charge in [-0.25, -0.2) is 15.6 Å². The second-order valence-corrected chi connectivity index (χ2v) is 6.09. The maximum Gasteiger partial charge on any atom is 0.349 e. The SMILES string of the molecule is Cc1cc2nc3c(=O)[nH]c(=O)nc-3n(CCCN(N)/C=N\N)c2cc1C. The normalized spacial score (nSPS) is 11.7. The summed E-state index contributed by atoms with van der Waals surface area (Å²) in [7, 11) is 0. The summed E-state index contributed by atoms with van der Waals surface area (Å²) in [6.45, 7) is 4.94. The first-order valence-electron chi connectivity index (χ1n) is 8.07. The van der Waals surface area contributed by atoms with Crippen LogP contribution in [0.3, 0.4) is 0 Å². The van der Waals surface area contributed by atoms with Crippen LogP contribution in [0, 0.1) is 13.8 Å². The number of hydrazone groups is 1. The monoisotopic (exact) mass is 356 g/mol. The quantitative estimate of drug-likeness (QED) is 0.186. The van der Waals surface area contributed by atoms with Crippen molar-refractivity contribution in [1.82, 2.24) is 24.5 Å². The fourth-order valence-electron chi connectivity index (χ4n) is 2.83. The second-order valence-electron chi connectivity index (χ2n) is 6.09. The number of nitrogens with one attached hydrogen (secondary N) is 1. The van der Waals surface area contributed by atoms with Crippen LogP contribution in [0.1, 0.15) is 17.5 Å². The summed E-state index contributed by atoms with van der Waals surface area (Å²) in [4.78, 5) is 34.4. The largest absolute Gasteiger partial charge is 0.349 e. The van der Waals surface area contributed by atoms with E-state index in [4.69, 9.17) is 11.7 Å². The molecule has 26 heavy (non-hydrogen) atoms. The average molecular weight is 356 g/mol. The number of nitrogens with two attached hydrogens (primary N) is 2. The number of rotatable bonds is 5. The maximum absolute atomic E-state index is 12.2. The number of hydrogen-bond donors (Lipinski definition) is 3. The summed E-state index contributed by atoms with van der Waals surface area (Å²) in [6.07, 6.45) is 1.94. The fourth-order valence-corrected chi connectivity index (χ4v) is 2.83. The molecule has 2 aliphatic heterocycles. The van der Waals surface area contributed by atoms with E-state index in [0.29, 0.717) is 25.0 Å². The molecule has 0 unspecified atom stereocenters. The van der Waals surface area contributed by atoms with E-state index in [1.54, 1.807) is 0 Å². The number of aromatic amines is 1. The molecule has 3 rings (SSSR count). The minimum atomic E-state index is -0.697. The molecule has 136 valence electrons. The van der Waals surface area contributed by atoms with E-state index in [1.165, 1.54) is 11.3 Å². The van der Waals surface area contributed by atoms with Crippen LogP contribution < -0.4 is 22.9 Å². The van der Waals surface area contributed by atoms with Gasteiger partial charge in [-0.05, 0) is 43.5 Å². The van der Waals surface area contributed by atoms with E-state index in [-0.39, 0.29) is 11.5 Å². The number of nitrogens with zero attached hydrogens (tertiary/aromatic N) is 5. The highest BCUT2D eigenvalue weighted by Crippen LogP contribution is 2.23. The van der Waals surface area contributed by atoms with Crippen molar-refractivity contribution in [3.05, 3.63) is 44.1 Å². The minimum absolute atomic E-state index is 0.133. The first-order chi connectivity index (χ1) is 12.4. The molecule has 0 fully saturated rings. The maximum atomic E-state index is 12.2. The zero-order valence-electron chi connectivity index (χ0n) is 14.6. The molecule has 0 saturated heterocycles. The first kappa shape index (κ1) is 17.5. The van der Waals surface area contributed by atoms with Gasteiger partial charge in [0, 0.05) is 13.1 Å². The fraction of sp³-hybridized carbons (Fsp3) is 0.312. The molecule has 0 atom stereocenters. The predicted octanol–water partition coefficient (Wildman–Crippen LogP) is -0.331. The number of hydrogen-bond acceptors (Lipinski definition) is 7. The first-order valence-corrected chi connectivity index (χ1v) is 8.07. The summed E-state index contributed by atoms with van der Waals surface area (Å²) in [5, 5.41) is 4.73. The molecule has 0 spiro atoms. The zero-order valence-corrected chi connectivity index (χ0v) is 14.6. The Balaban J connectivity index is 2.17. The third-order valence-electron chi connectivity index (χ3n) is 4.24. The molecule has 10 nitrogen and oxygen atoms in total. The number of fused-ring (bicyclic) bond motifs is 2. The Morgan fingerprint density at radius 2 is 2.00 bits per heavy atom. The van der Waals surface area contributed by atoms with Gasteiger partial charge in [0.2, 0.25) is 0 Å². The van der Waals surface area contributed by atoms with E-state index in [9.17, 15) is 9.59 Å². The Labute approximate surface area is 148 Å². The molecular weight excluding hydrogens is 336 g/mol. The highest BCUT2D eigenvalue weighted by molar-refractivity contribution is 5.81. The summed E-state index contributed by atoms with van der Waals surface area (Å²) >= 11 is 0. The number of hydrazine groups is 1. The number of benzene rings is 1. The van der Waals surface area contributed by atoms with Gasteiger partial charge >= 0.3 is 5.69 Å². The highest BCUT2D eigenvalue weighted by atomic mass is 16.2. The van der Waals surface area contributed by atoms with Crippen molar-refractivity contribution >= 4 is 17.4 Å². The van der Waals surface area contributed by atoms with Crippen LogP contribution in [0.2, 0.25) is 0 Å². The van der Waals surface area contributed by atoms with E-state index in [2.05, 4.69) is 20.1 Å². The summed E-state index contributed by atoms with van der Waals surface area (Å²) in [5.74, 6) is 11.1. The van der Waals surface area contributed by atoms with E-state index < -0.39 is 11.2 Å². The van der Waals surface area contributed by atoms with Crippen LogP contribution in [-0.4, -0.2) is 37.4 Å². The van der Waals surface area contributed by atoms with Crippen LogP contribution in [0.4, 0.5) is 0 Å². The van der Waals surface area contributed by atoms with Crippen LogP contribution >= 0.6 is 0 Å². The van der Waals surface area contributed by atoms with Crippen molar-refractivity contribution in [2.75, 3.05) is 6.54 Å². The average Bonchev–Trinajstić information content (AvgIpc) is 2.57. The lowest BCUT2D eigenvalue weighted by Crippen LogP contribution is -2.32. The van der Waals surface area contributed by atoms with Crippen molar-refractivity contribution in [3.8, 4) is 11.5 Å². The highest BCUT2D eigenvalue weighted by Gasteiger charge is 2.19. The topological polar surface area (TPSA) is 148 Å². The van der Waals surface area contributed by atoms with Gasteiger partial charge in [-0.3, -0.25) is 14.8 Å². The molecule has 2 heterocycles. The van der Waals surface area contributed by atoms with E-state index >= 15 is 0 Å². The van der Waals surface area contributed by atoms with Gasteiger partial charge < -0.3 is 10.4 Å². The molecule has 0 saturated carbocycles. The van der Waals surface area contributed by atoms with Gasteiger partial charge in [0.1, 0.15) is 6.34 Å². The molecule has 5 N–H and O–H groups in total. The van der Waals surface area contributed by atoms with Crippen molar-refractivity contribution in [2.45, 2.75) is 26.8 Å². The van der Waals surface area contributed by atoms with Crippen molar-refractivity contribution in [2.24, 2.45) is 16.8 Å². The Kier molecular flexibility index (Phi) is 4.67. The molecule has 0 amide bonds. The van der Waals surface area contributed by atoms with E-state index in [1.807, 2.05) is 30.5 Å². The Bertz CT molecular complexity index is 1070. The summed E-state index contributed by atoms with van der Waals surface area (Å²) in [5.41, 5.74) is 2.49. The lowest BCUT2D eigenvalue weighted by molar-refractivity contribution is 0.424. The van der Waals surface area contributed by atoms with Gasteiger partial charge in [0.05, 0.1) is 11.0 Å². The van der Waals surface area contributed by atoms with Crippen molar-refractivity contribution in [1.29, 1.82) is 0 Å². The van der Waals surface area contributed by atoms with E-state index in [0.717, 1.165) is 16.6 Å². The molecular formula is C16H20N8O2. The van der Waals surface area contributed by atoms with Crippen LogP contribution in [0.25, 0.3) is 22.6 Å². The van der Waals surface area contributed by atoms with Gasteiger partial charge in [0.15, 0.2) is 11.5 Å². The molecule has 0 radical (unpaired) electrons. The third kappa shape index (κ3) is 3.26. The van der Waals surface area contributed by atoms with Crippen LogP contribution in [0.5, 0.6) is 0 Å². The van der Waals surface area contributed by atoms with Gasteiger partial charge in [0.25, 0.3) is 5.56 Å². The lowest BCUT2D eigenvalue weighted by Gasteiger charge is -2.19. The standard InChI is InChI=1S/C16H20N8O2/c1-9-6-11-12(7-10(9)2)24(5-3-4-23(18)8-19-17)14-13(20-11)15(25)22-16(26)21-14/h6-8H,3-5,17-18H2,1-2H3,(H,22,25,26)/b19-8-. The van der Waals surface area contributed by atoms with Crippen molar-refractivity contribution in [3.63, 3.8) is 0 Å². The Morgan fingerprint density at radius 1 is 1.27 bits per heavy atom. The molecule has 1 aromatic carbocycles.